The van der Waals surface area contributed by atoms with Crippen molar-refractivity contribution in [2.45, 2.75) is 6.42 Å². The van der Waals surface area contributed by atoms with Gasteiger partial charge in [-0.1, -0.05) is 0 Å². The van der Waals surface area contributed by atoms with Crippen molar-refractivity contribution in [1.29, 1.82) is 0 Å². The molecule has 0 spiro atoms. The summed E-state index contributed by atoms with van der Waals surface area (Å²) in [5.41, 5.74) is 15.5. The molecule has 6 N–H and O–H groups in total. The van der Waals surface area contributed by atoms with E-state index >= 15 is 0 Å². The maximum absolute atomic E-state index is 8.99. The molecule has 12 heteroatoms. The molecule has 4 aliphatic heterocycles. The highest BCUT2D eigenvalue weighted by molar-refractivity contribution is 5.66. The van der Waals surface area contributed by atoms with Crippen LogP contribution in [0.15, 0.2) is 36.4 Å². The van der Waals surface area contributed by atoms with E-state index in [0.717, 1.165) is 153 Å². The number of hydrogen-bond acceptors (Lipinski definition) is 12. The number of benzene rings is 2. The summed E-state index contributed by atoms with van der Waals surface area (Å²) in [6.07, 6.45) is 1.16. The number of piperazine rings is 2. The number of nitrogen functional groups attached to an aromatic ring is 2. The first-order valence-corrected chi connectivity index (χ1v) is 16.7. The number of nitrogens with two attached hydrogens (primary N) is 2. The van der Waals surface area contributed by atoms with E-state index in [1.54, 1.807) is 0 Å². The fourth-order valence-corrected chi connectivity index (χ4v) is 6.56. The van der Waals surface area contributed by atoms with Crippen LogP contribution in [0.5, 0.6) is 11.5 Å². The molecule has 0 amide bonds. The molecule has 0 aromatic heterocycles. The lowest BCUT2D eigenvalue weighted by Crippen LogP contribution is -2.49. The molecular weight excluding hydrogens is 572 g/mol. The number of anilines is 4. The van der Waals surface area contributed by atoms with Crippen molar-refractivity contribution in [3.05, 3.63) is 36.4 Å². The summed E-state index contributed by atoms with van der Waals surface area (Å²) >= 11 is 0. The van der Waals surface area contributed by atoms with Crippen molar-refractivity contribution in [2.24, 2.45) is 0 Å². The summed E-state index contributed by atoms with van der Waals surface area (Å²) in [6.45, 7) is 18.4. The zero-order valence-corrected chi connectivity index (χ0v) is 26.9. The molecule has 2 saturated heterocycles. The highest BCUT2D eigenvalue weighted by Gasteiger charge is 2.22. The lowest BCUT2D eigenvalue weighted by molar-refractivity contribution is 0.112. The van der Waals surface area contributed by atoms with Crippen LogP contribution in [-0.4, -0.2) is 161 Å². The van der Waals surface area contributed by atoms with Crippen LogP contribution in [0.4, 0.5) is 22.7 Å². The predicted octanol–water partition coefficient (Wildman–Crippen LogP) is 0.545. The Labute approximate surface area is 268 Å². The molecule has 250 valence electrons. The minimum Gasteiger partial charge on any atom is -0.489 e. The zero-order valence-electron chi connectivity index (χ0n) is 26.9. The molecule has 0 saturated carbocycles. The summed E-state index contributed by atoms with van der Waals surface area (Å²) < 4.78 is 11.4. The minimum atomic E-state index is 0.258. The number of β-amino-alcohol motifs (C(OH)–C–C–N with tert-alkyl or cyclic N) is 2. The van der Waals surface area contributed by atoms with Gasteiger partial charge in [0, 0.05) is 109 Å². The maximum Gasteiger partial charge on any atom is 0.144 e. The molecule has 45 heavy (non-hydrogen) atoms. The molecular formula is C33H54N8O4. The van der Waals surface area contributed by atoms with Crippen molar-refractivity contribution in [1.82, 2.24) is 19.6 Å². The predicted molar refractivity (Wildman–Crippen MR) is 182 cm³/mol. The van der Waals surface area contributed by atoms with E-state index in [-0.39, 0.29) is 13.2 Å². The normalized spacial score (nSPS) is 19.6. The van der Waals surface area contributed by atoms with Crippen molar-refractivity contribution < 1.29 is 19.7 Å². The summed E-state index contributed by atoms with van der Waals surface area (Å²) in [6, 6.07) is 11.8. The molecule has 0 bridgehead atoms. The van der Waals surface area contributed by atoms with Gasteiger partial charge >= 0.3 is 0 Å². The molecule has 4 aliphatic rings. The van der Waals surface area contributed by atoms with Crippen LogP contribution in [0, 0.1) is 0 Å². The monoisotopic (exact) mass is 626 g/mol. The van der Waals surface area contributed by atoms with Gasteiger partial charge in [-0.2, -0.15) is 0 Å². The third kappa shape index (κ3) is 9.74. The van der Waals surface area contributed by atoms with Gasteiger partial charge in [0.2, 0.25) is 0 Å². The zero-order chi connectivity index (χ0) is 31.4. The van der Waals surface area contributed by atoms with E-state index in [2.05, 4.69) is 41.5 Å². The smallest absolute Gasteiger partial charge is 0.144 e. The molecule has 12 nitrogen and oxygen atoms in total. The number of nitrogens with zero attached hydrogens (tertiary/aromatic N) is 6. The Hall–Kier alpha value is -3.00. The van der Waals surface area contributed by atoms with Gasteiger partial charge in [-0.15, -0.1) is 0 Å². The first-order valence-electron chi connectivity index (χ1n) is 16.7. The summed E-state index contributed by atoms with van der Waals surface area (Å²) in [4.78, 5) is 14.5. The lowest BCUT2D eigenvalue weighted by Gasteiger charge is -2.37. The van der Waals surface area contributed by atoms with Crippen LogP contribution in [-0.2, 0) is 0 Å². The molecule has 2 fully saturated rings. The standard InChI is InChI=1S/C17H28N4O2.C16H26N4O2/c18-15-2-3-16-17(14-15)23-13-11-21(16)5-1-4-19-6-8-20(9-7-19)10-12-22;17-14-1-2-15-16(13-14)22-12-10-20(15)8-7-18-3-5-19(6-4-18)9-11-21/h2-3,14,22H,1,4-13,18H2;1-2,13,21H,3-12,17H2. The number of hydrogen-bond donors (Lipinski definition) is 4. The second kappa shape index (κ2) is 17.1. The Morgan fingerprint density at radius 2 is 0.933 bits per heavy atom. The van der Waals surface area contributed by atoms with Gasteiger partial charge in [0.15, 0.2) is 0 Å². The highest BCUT2D eigenvalue weighted by atomic mass is 16.5. The molecule has 4 heterocycles. The quantitative estimate of drug-likeness (QED) is 0.260. The Bertz CT molecular complexity index is 1170. The largest absolute Gasteiger partial charge is 0.489 e. The van der Waals surface area contributed by atoms with Crippen LogP contribution in [0.1, 0.15) is 6.42 Å². The van der Waals surface area contributed by atoms with Gasteiger partial charge in [0.25, 0.3) is 0 Å². The second-order valence-electron chi connectivity index (χ2n) is 12.3. The number of aliphatic hydroxyl groups is 2. The number of aliphatic hydroxyl groups excluding tert-OH is 2. The molecule has 0 unspecified atom stereocenters. The van der Waals surface area contributed by atoms with Gasteiger partial charge in [-0.25, -0.2) is 0 Å². The van der Waals surface area contributed by atoms with E-state index in [4.69, 9.17) is 31.2 Å². The fourth-order valence-electron chi connectivity index (χ4n) is 6.56. The Balaban J connectivity index is 0.000000178. The lowest BCUT2D eigenvalue weighted by atomic mass is 10.2. The van der Waals surface area contributed by atoms with Crippen LogP contribution >= 0.6 is 0 Å². The fraction of sp³-hybridized carbons (Fsp3) is 0.636. The van der Waals surface area contributed by atoms with Crippen LogP contribution < -0.4 is 30.7 Å². The van der Waals surface area contributed by atoms with E-state index in [1.807, 2.05) is 24.3 Å². The first kappa shape index (κ1) is 33.4. The number of ether oxygens (including phenoxy) is 2. The van der Waals surface area contributed by atoms with Crippen LogP contribution in [0.3, 0.4) is 0 Å². The van der Waals surface area contributed by atoms with E-state index in [9.17, 15) is 0 Å². The third-order valence-corrected chi connectivity index (χ3v) is 9.24. The minimum absolute atomic E-state index is 0.258. The summed E-state index contributed by atoms with van der Waals surface area (Å²) in [5, 5.41) is 18.0. The van der Waals surface area contributed by atoms with E-state index < -0.39 is 0 Å². The van der Waals surface area contributed by atoms with Gasteiger partial charge < -0.3 is 45.9 Å². The van der Waals surface area contributed by atoms with Crippen LogP contribution in [0.2, 0.25) is 0 Å². The average molecular weight is 627 g/mol. The van der Waals surface area contributed by atoms with E-state index in [1.165, 1.54) is 5.69 Å². The Morgan fingerprint density at radius 1 is 0.511 bits per heavy atom. The molecule has 0 atom stereocenters. The van der Waals surface area contributed by atoms with Gasteiger partial charge in [0.05, 0.1) is 37.7 Å². The topological polar surface area (TPSA) is 130 Å². The summed E-state index contributed by atoms with van der Waals surface area (Å²) in [7, 11) is 0. The molecule has 0 radical (unpaired) electrons. The van der Waals surface area contributed by atoms with Crippen molar-refractivity contribution >= 4 is 22.7 Å². The third-order valence-electron chi connectivity index (χ3n) is 9.24. The van der Waals surface area contributed by atoms with Crippen molar-refractivity contribution in [3.8, 4) is 11.5 Å². The second-order valence-corrected chi connectivity index (χ2v) is 12.3. The molecule has 0 aliphatic carbocycles. The van der Waals surface area contributed by atoms with Gasteiger partial charge in [0.1, 0.15) is 24.7 Å². The molecule has 6 rings (SSSR count). The average Bonchev–Trinajstić information content (AvgIpc) is 3.05. The van der Waals surface area contributed by atoms with Crippen molar-refractivity contribution in [3.63, 3.8) is 0 Å². The Kier molecular flexibility index (Phi) is 12.7. The van der Waals surface area contributed by atoms with E-state index in [0.29, 0.717) is 0 Å². The number of fused-ring (bicyclic) bond motifs is 2. The molecule has 2 aromatic rings. The Morgan fingerprint density at radius 3 is 1.40 bits per heavy atom. The first-order chi connectivity index (χ1) is 22.0. The van der Waals surface area contributed by atoms with Gasteiger partial charge in [-0.05, 0) is 37.2 Å². The summed E-state index contributed by atoms with van der Waals surface area (Å²) in [5.74, 6) is 1.81. The van der Waals surface area contributed by atoms with Crippen molar-refractivity contribution in [2.75, 3.05) is 152 Å². The van der Waals surface area contributed by atoms with Gasteiger partial charge in [-0.3, -0.25) is 14.7 Å². The van der Waals surface area contributed by atoms with Crippen LogP contribution in [0.25, 0.3) is 0 Å². The number of rotatable bonds is 11. The maximum atomic E-state index is 8.99. The SMILES string of the molecule is Nc1ccc2c(c1)OCCN2CCCN1CCN(CCO)CC1.Nc1ccc2c(c1)OCCN2CCN1CCN(CCO)CC1. The highest BCUT2D eigenvalue weighted by Crippen LogP contribution is 2.34. The molecule has 2 aromatic carbocycles.